The molecule has 2 aromatic rings. The van der Waals surface area contributed by atoms with Crippen LogP contribution in [0.15, 0.2) is 47.2 Å². The average Bonchev–Trinajstić information content (AvgIpc) is 2.39. The van der Waals surface area contributed by atoms with Gasteiger partial charge in [0.1, 0.15) is 4.60 Å². The van der Waals surface area contributed by atoms with Gasteiger partial charge in [0.15, 0.2) is 0 Å². The van der Waals surface area contributed by atoms with Crippen LogP contribution in [0.2, 0.25) is 0 Å². The number of halogens is 1. The zero-order valence-electron chi connectivity index (χ0n) is 10.9. The normalized spacial score (nSPS) is 11.9. The van der Waals surface area contributed by atoms with Gasteiger partial charge in [-0.1, -0.05) is 24.3 Å². The van der Waals surface area contributed by atoms with Gasteiger partial charge in [-0.05, 0) is 53.0 Å². The average molecular weight is 319 g/mol. The second kappa shape index (κ2) is 5.97. The van der Waals surface area contributed by atoms with E-state index in [1.807, 2.05) is 38.1 Å². The first kappa shape index (κ1) is 13.7. The zero-order chi connectivity index (χ0) is 13.8. The molecule has 3 nitrogen and oxygen atoms in total. The quantitative estimate of drug-likeness (QED) is 0.878. The molecular formula is C15H15BrN2O. The van der Waals surface area contributed by atoms with Gasteiger partial charge in [0.25, 0.3) is 5.91 Å². The lowest BCUT2D eigenvalue weighted by molar-refractivity contribution is 0.0938. The molecular weight excluding hydrogens is 304 g/mol. The number of nitrogens with one attached hydrogen (secondary N) is 1. The number of aryl methyl sites for hydroxylation is 1. The number of pyridine rings is 1. The van der Waals surface area contributed by atoms with Crippen LogP contribution >= 0.6 is 15.9 Å². The monoisotopic (exact) mass is 318 g/mol. The third-order valence-electron chi connectivity index (χ3n) is 3.01. The fourth-order valence-corrected chi connectivity index (χ4v) is 2.41. The summed E-state index contributed by atoms with van der Waals surface area (Å²) >= 11 is 3.29. The molecule has 0 radical (unpaired) electrons. The summed E-state index contributed by atoms with van der Waals surface area (Å²) in [5.74, 6) is -0.129. The first-order chi connectivity index (χ1) is 9.09. The third kappa shape index (κ3) is 3.20. The zero-order valence-corrected chi connectivity index (χ0v) is 12.4. The van der Waals surface area contributed by atoms with Gasteiger partial charge >= 0.3 is 0 Å². The molecule has 0 saturated carbocycles. The Hall–Kier alpha value is -1.68. The van der Waals surface area contributed by atoms with E-state index in [1.165, 1.54) is 5.56 Å². The summed E-state index contributed by atoms with van der Waals surface area (Å²) in [5, 5.41) is 2.99. The summed E-state index contributed by atoms with van der Waals surface area (Å²) in [4.78, 5) is 16.2. The summed E-state index contributed by atoms with van der Waals surface area (Å²) in [5.41, 5.74) is 2.83. The lowest BCUT2D eigenvalue weighted by Crippen LogP contribution is -2.27. The maximum atomic E-state index is 12.2. The van der Waals surface area contributed by atoms with Crippen LogP contribution in [0.1, 0.15) is 34.5 Å². The minimum Gasteiger partial charge on any atom is -0.345 e. The van der Waals surface area contributed by atoms with Crippen molar-refractivity contribution in [3.8, 4) is 0 Å². The first-order valence-corrected chi connectivity index (χ1v) is 6.86. The van der Waals surface area contributed by atoms with E-state index < -0.39 is 0 Å². The Balaban J connectivity index is 2.16. The van der Waals surface area contributed by atoms with E-state index in [0.29, 0.717) is 10.2 Å². The van der Waals surface area contributed by atoms with Gasteiger partial charge in [-0.25, -0.2) is 4.98 Å². The highest BCUT2D eigenvalue weighted by molar-refractivity contribution is 9.10. The van der Waals surface area contributed by atoms with Crippen molar-refractivity contribution in [1.82, 2.24) is 10.3 Å². The summed E-state index contributed by atoms with van der Waals surface area (Å²) in [7, 11) is 0. The van der Waals surface area contributed by atoms with Crippen LogP contribution in [-0.4, -0.2) is 10.9 Å². The Morgan fingerprint density at radius 1 is 1.26 bits per heavy atom. The van der Waals surface area contributed by atoms with E-state index in [2.05, 4.69) is 26.2 Å². The van der Waals surface area contributed by atoms with Crippen molar-refractivity contribution in [1.29, 1.82) is 0 Å². The van der Waals surface area contributed by atoms with Gasteiger partial charge in [-0.3, -0.25) is 4.79 Å². The minimum absolute atomic E-state index is 0.0409. The van der Waals surface area contributed by atoms with Crippen LogP contribution < -0.4 is 5.32 Å². The first-order valence-electron chi connectivity index (χ1n) is 6.06. The van der Waals surface area contributed by atoms with Crippen LogP contribution in [0.25, 0.3) is 0 Å². The number of carbonyl (C=O) groups is 1. The van der Waals surface area contributed by atoms with Crippen LogP contribution in [0.4, 0.5) is 0 Å². The molecule has 98 valence electrons. The molecule has 1 aromatic carbocycles. The Bertz CT molecular complexity index is 598. The summed E-state index contributed by atoms with van der Waals surface area (Å²) < 4.78 is 0.560. The fourth-order valence-electron chi connectivity index (χ4n) is 1.98. The van der Waals surface area contributed by atoms with Gasteiger partial charge < -0.3 is 5.32 Å². The summed E-state index contributed by atoms with van der Waals surface area (Å²) in [6, 6.07) is 11.5. The summed E-state index contributed by atoms with van der Waals surface area (Å²) in [6.45, 7) is 4.02. The smallest absolute Gasteiger partial charge is 0.254 e. The molecule has 19 heavy (non-hydrogen) atoms. The lowest BCUT2D eigenvalue weighted by Gasteiger charge is -2.16. The molecule has 1 atom stereocenters. The topological polar surface area (TPSA) is 42.0 Å². The van der Waals surface area contributed by atoms with Gasteiger partial charge in [0.05, 0.1) is 11.6 Å². The van der Waals surface area contributed by atoms with Crippen LogP contribution in [0.3, 0.4) is 0 Å². The number of carbonyl (C=O) groups excluding carboxylic acids is 1. The molecule has 1 aromatic heterocycles. The molecule has 4 heteroatoms. The highest BCUT2D eigenvalue weighted by Gasteiger charge is 2.15. The van der Waals surface area contributed by atoms with Crippen molar-refractivity contribution in [3.63, 3.8) is 0 Å². The van der Waals surface area contributed by atoms with Crippen molar-refractivity contribution < 1.29 is 4.79 Å². The Kier molecular flexibility index (Phi) is 4.32. The van der Waals surface area contributed by atoms with Crippen molar-refractivity contribution in [2.45, 2.75) is 19.9 Å². The molecule has 0 spiro atoms. The number of rotatable bonds is 3. The van der Waals surface area contributed by atoms with E-state index in [0.717, 1.165) is 5.56 Å². The summed E-state index contributed by atoms with van der Waals surface area (Å²) in [6.07, 6.45) is 1.64. The number of nitrogens with zero attached hydrogens (tertiary/aromatic N) is 1. The van der Waals surface area contributed by atoms with Crippen molar-refractivity contribution in [2.75, 3.05) is 0 Å². The van der Waals surface area contributed by atoms with Crippen molar-refractivity contribution >= 4 is 21.8 Å². The van der Waals surface area contributed by atoms with Gasteiger partial charge in [-0.15, -0.1) is 0 Å². The predicted octanol–water partition coefficient (Wildman–Crippen LogP) is 3.64. The molecule has 1 amide bonds. The number of hydrogen-bond donors (Lipinski definition) is 1. The fraction of sp³-hybridized carbons (Fsp3) is 0.200. The Morgan fingerprint density at radius 3 is 2.68 bits per heavy atom. The molecule has 1 heterocycles. The molecule has 1 unspecified atom stereocenters. The van der Waals surface area contributed by atoms with Crippen LogP contribution in [0.5, 0.6) is 0 Å². The molecule has 0 bridgehead atoms. The number of hydrogen-bond acceptors (Lipinski definition) is 2. The minimum atomic E-state index is -0.129. The second-order valence-electron chi connectivity index (χ2n) is 4.39. The predicted molar refractivity (Wildman–Crippen MR) is 79.0 cm³/mol. The highest BCUT2D eigenvalue weighted by Crippen LogP contribution is 2.18. The SMILES string of the molecule is Cc1ccccc1C(C)NC(=O)c1cccnc1Br. The van der Waals surface area contributed by atoms with E-state index >= 15 is 0 Å². The Labute approximate surface area is 121 Å². The van der Waals surface area contributed by atoms with Crippen LogP contribution in [0, 0.1) is 6.92 Å². The largest absolute Gasteiger partial charge is 0.345 e. The Morgan fingerprint density at radius 2 is 2.00 bits per heavy atom. The molecule has 2 rings (SSSR count). The molecule has 0 fully saturated rings. The van der Waals surface area contributed by atoms with Crippen LogP contribution in [-0.2, 0) is 0 Å². The second-order valence-corrected chi connectivity index (χ2v) is 5.14. The van der Waals surface area contributed by atoms with Crippen molar-refractivity contribution in [3.05, 3.63) is 63.9 Å². The molecule has 0 aliphatic carbocycles. The molecule has 1 N–H and O–H groups in total. The molecule has 0 saturated heterocycles. The molecule has 0 aliphatic rings. The maximum Gasteiger partial charge on any atom is 0.254 e. The number of aromatic nitrogens is 1. The number of amides is 1. The van der Waals surface area contributed by atoms with E-state index in [4.69, 9.17) is 0 Å². The van der Waals surface area contributed by atoms with E-state index in [1.54, 1.807) is 18.3 Å². The van der Waals surface area contributed by atoms with Gasteiger partial charge in [0, 0.05) is 6.20 Å². The molecule has 0 aliphatic heterocycles. The van der Waals surface area contributed by atoms with Gasteiger partial charge in [-0.2, -0.15) is 0 Å². The number of benzene rings is 1. The lowest BCUT2D eigenvalue weighted by atomic mass is 10.0. The highest BCUT2D eigenvalue weighted by atomic mass is 79.9. The van der Waals surface area contributed by atoms with Gasteiger partial charge in [0.2, 0.25) is 0 Å². The standard InChI is InChI=1S/C15H15BrN2O/c1-10-6-3-4-7-12(10)11(2)18-15(19)13-8-5-9-17-14(13)16/h3-9,11H,1-2H3,(H,18,19). The maximum absolute atomic E-state index is 12.2. The van der Waals surface area contributed by atoms with E-state index in [9.17, 15) is 4.79 Å². The van der Waals surface area contributed by atoms with E-state index in [-0.39, 0.29) is 11.9 Å². The third-order valence-corrected chi connectivity index (χ3v) is 3.64. The van der Waals surface area contributed by atoms with Crippen molar-refractivity contribution in [2.24, 2.45) is 0 Å².